The first kappa shape index (κ1) is 20.8. The van der Waals surface area contributed by atoms with Crippen molar-refractivity contribution in [2.75, 3.05) is 12.5 Å². The molecule has 1 aromatic heterocycles. The van der Waals surface area contributed by atoms with Crippen LogP contribution in [0.25, 0.3) is 11.5 Å². The van der Waals surface area contributed by atoms with Crippen molar-refractivity contribution in [2.45, 2.75) is 17.7 Å². The topological polar surface area (TPSA) is 136 Å². The minimum absolute atomic E-state index is 0.151. The zero-order valence-corrected chi connectivity index (χ0v) is 18.0. The Hall–Kier alpha value is -4.06. The third-order valence-corrected chi connectivity index (χ3v) is 5.95. The van der Waals surface area contributed by atoms with Crippen LogP contribution in [0.4, 0.5) is 4.79 Å². The quantitative estimate of drug-likeness (QED) is 0.412. The highest BCUT2D eigenvalue weighted by Crippen LogP contribution is 2.36. The van der Waals surface area contributed by atoms with Crippen LogP contribution in [-0.4, -0.2) is 45.6 Å². The third kappa shape index (κ3) is 3.84. The van der Waals surface area contributed by atoms with E-state index < -0.39 is 23.4 Å². The molecular formula is C21H17N5O6S. The summed E-state index contributed by atoms with van der Waals surface area (Å²) in [5.41, 5.74) is 2.31. The van der Waals surface area contributed by atoms with Gasteiger partial charge in [-0.3, -0.25) is 15.0 Å². The first-order chi connectivity index (χ1) is 15.9. The number of hydrazine groups is 1. The van der Waals surface area contributed by atoms with Crippen molar-refractivity contribution >= 4 is 29.6 Å². The van der Waals surface area contributed by atoms with Crippen LogP contribution in [0.5, 0.6) is 11.5 Å². The van der Waals surface area contributed by atoms with Gasteiger partial charge in [0.25, 0.3) is 11.1 Å². The summed E-state index contributed by atoms with van der Waals surface area (Å²) in [4.78, 5) is 37.6. The molecule has 3 heterocycles. The molecule has 2 aromatic carbocycles. The van der Waals surface area contributed by atoms with E-state index in [0.29, 0.717) is 27.6 Å². The number of imide groups is 1. The average molecular weight is 467 g/mol. The summed E-state index contributed by atoms with van der Waals surface area (Å²) in [6, 6.07) is 13.3. The summed E-state index contributed by atoms with van der Waals surface area (Å²) in [7, 11) is 0. The predicted octanol–water partition coefficient (Wildman–Crippen LogP) is 2.06. The highest BCUT2D eigenvalue weighted by atomic mass is 32.2. The van der Waals surface area contributed by atoms with E-state index >= 15 is 0 Å². The van der Waals surface area contributed by atoms with Crippen molar-refractivity contribution in [1.29, 1.82) is 0 Å². The summed E-state index contributed by atoms with van der Waals surface area (Å²) < 4.78 is 16.2. The maximum absolute atomic E-state index is 12.8. The molecule has 1 unspecified atom stereocenters. The van der Waals surface area contributed by atoms with Crippen molar-refractivity contribution < 1.29 is 28.3 Å². The summed E-state index contributed by atoms with van der Waals surface area (Å²) in [5, 5.41) is 11.4. The second kappa shape index (κ2) is 8.13. The lowest BCUT2D eigenvalue weighted by molar-refractivity contribution is -0.138. The molecule has 0 radical (unpaired) electrons. The van der Waals surface area contributed by atoms with Gasteiger partial charge in [-0.2, -0.15) is 5.01 Å². The van der Waals surface area contributed by atoms with Crippen molar-refractivity contribution in [3.8, 4) is 23.0 Å². The maximum Gasteiger partial charge on any atom is 0.344 e. The lowest BCUT2D eigenvalue weighted by Gasteiger charge is -2.22. The number of hydrogen-bond donors (Lipinski definition) is 2. The number of thioether (sulfide) groups is 1. The highest BCUT2D eigenvalue weighted by Gasteiger charge is 2.49. The van der Waals surface area contributed by atoms with Gasteiger partial charge in [-0.05, 0) is 30.7 Å². The Bertz CT molecular complexity index is 1250. The van der Waals surface area contributed by atoms with Gasteiger partial charge in [0, 0.05) is 5.56 Å². The summed E-state index contributed by atoms with van der Waals surface area (Å²) in [5.74, 6) is 0.151. The second-order valence-corrected chi connectivity index (χ2v) is 8.25. The first-order valence-electron chi connectivity index (χ1n) is 9.82. The number of nitrogens with zero attached hydrogens (tertiary/aromatic N) is 3. The fraction of sp³-hybridized carbons (Fsp3) is 0.190. The van der Waals surface area contributed by atoms with Gasteiger partial charge in [-0.1, -0.05) is 42.1 Å². The molecule has 11 nitrogen and oxygen atoms in total. The van der Waals surface area contributed by atoms with Gasteiger partial charge in [0.2, 0.25) is 18.6 Å². The molecule has 4 amide bonds. The lowest BCUT2D eigenvalue weighted by atomic mass is 9.92. The van der Waals surface area contributed by atoms with Crippen LogP contribution in [0.15, 0.2) is 58.2 Å². The van der Waals surface area contributed by atoms with Gasteiger partial charge >= 0.3 is 6.03 Å². The molecule has 0 bridgehead atoms. The molecule has 1 atom stereocenters. The van der Waals surface area contributed by atoms with E-state index in [-0.39, 0.29) is 23.7 Å². The highest BCUT2D eigenvalue weighted by molar-refractivity contribution is 7.99. The van der Waals surface area contributed by atoms with Crippen LogP contribution in [0, 0.1) is 0 Å². The van der Waals surface area contributed by atoms with E-state index in [0.717, 1.165) is 11.8 Å². The molecular weight excluding hydrogens is 450 g/mol. The van der Waals surface area contributed by atoms with E-state index in [1.165, 1.54) is 0 Å². The van der Waals surface area contributed by atoms with E-state index in [2.05, 4.69) is 20.9 Å². The molecule has 0 aliphatic carbocycles. The number of urea groups is 1. The average Bonchev–Trinajstić information content (AvgIpc) is 3.54. The molecule has 2 aliphatic heterocycles. The number of fused-ring (bicyclic) bond motifs is 1. The Morgan fingerprint density at radius 1 is 1.15 bits per heavy atom. The van der Waals surface area contributed by atoms with Crippen LogP contribution >= 0.6 is 11.8 Å². The molecule has 12 heteroatoms. The van der Waals surface area contributed by atoms with Crippen molar-refractivity contribution in [1.82, 2.24) is 25.9 Å². The Morgan fingerprint density at radius 3 is 2.76 bits per heavy atom. The van der Waals surface area contributed by atoms with Crippen LogP contribution in [0.2, 0.25) is 0 Å². The molecule has 33 heavy (non-hydrogen) atoms. The van der Waals surface area contributed by atoms with E-state index in [9.17, 15) is 14.4 Å². The van der Waals surface area contributed by atoms with Crippen molar-refractivity contribution in [2.24, 2.45) is 0 Å². The van der Waals surface area contributed by atoms with Gasteiger partial charge < -0.3 is 19.2 Å². The summed E-state index contributed by atoms with van der Waals surface area (Å²) in [6.45, 7) is 1.74. The van der Waals surface area contributed by atoms with Crippen molar-refractivity contribution in [3.63, 3.8) is 0 Å². The van der Waals surface area contributed by atoms with Gasteiger partial charge in [0.1, 0.15) is 5.54 Å². The summed E-state index contributed by atoms with van der Waals surface area (Å²) >= 11 is 0.974. The van der Waals surface area contributed by atoms with E-state index in [4.69, 9.17) is 13.9 Å². The SMILES string of the molecule is CC1(c2ccccc2)NC(=O)N(NC(=O)CSc2nnc(-c3ccc4c(c3)OCO4)o2)C1=O. The molecule has 2 aliphatic rings. The smallest absolute Gasteiger partial charge is 0.344 e. The minimum atomic E-state index is -1.27. The largest absolute Gasteiger partial charge is 0.454 e. The normalized spacial score (nSPS) is 19.0. The first-order valence-corrected chi connectivity index (χ1v) is 10.8. The molecule has 0 spiro atoms. The monoisotopic (exact) mass is 467 g/mol. The third-order valence-electron chi connectivity index (χ3n) is 5.13. The lowest BCUT2D eigenvalue weighted by Crippen LogP contribution is -2.48. The molecule has 1 saturated heterocycles. The van der Waals surface area contributed by atoms with Crippen LogP contribution in [0.1, 0.15) is 12.5 Å². The number of amides is 4. The van der Waals surface area contributed by atoms with Gasteiger partial charge in [0.15, 0.2) is 11.5 Å². The van der Waals surface area contributed by atoms with Gasteiger partial charge in [-0.15, -0.1) is 10.2 Å². The van der Waals surface area contributed by atoms with E-state index in [1.54, 1.807) is 55.5 Å². The zero-order valence-electron chi connectivity index (χ0n) is 17.2. The zero-order chi connectivity index (χ0) is 23.0. The molecule has 168 valence electrons. The molecule has 0 saturated carbocycles. The molecule has 2 N–H and O–H groups in total. The number of rotatable bonds is 6. The Morgan fingerprint density at radius 2 is 1.94 bits per heavy atom. The number of hydrogen-bond acceptors (Lipinski definition) is 9. The number of ether oxygens (including phenoxy) is 2. The molecule has 5 rings (SSSR count). The Labute approximate surface area is 191 Å². The number of aromatic nitrogens is 2. The standard InChI is InChI=1S/C21H17N5O6S/c1-21(13-5-3-2-4-6-13)18(28)26(19(29)22-21)25-16(27)10-33-20-24-23-17(32-20)12-7-8-14-15(9-12)31-11-30-14/h2-9H,10-11H2,1H3,(H,22,29)(H,25,27). The maximum atomic E-state index is 12.8. The number of benzene rings is 2. The van der Waals surface area contributed by atoms with Gasteiger partial charge in [-0.25, -0.2) is 4.79 Å². The van der Waals surface area contributed by atoms with Crippen molar-refractivity contribution in [3.05, 3.63) is 54.1 Å². The van der Waals surface area contributed by atoms with Crippen LogP contribution < -0.4 is 20.2 Å². The fourth-order valence-corrected chi connectivity index (χ4v) is 3.96. The Balaban J connectivity index is 1.20. The fourth-order valence-electron chi connectivity index (χ4n) is 3.41. The van der Waals surface area contributed by atoms with Crippen LogP contribution in [-0.2, 0) is 15.1 Å². The predicted molar refractivity (Wildman–Crippen MR) is 114 cm³/mol. The number of nitrogens with one attached hydrogen (secondary N) is 2. The number of carbonyl (C=O) groups is 3. The van der Waals surface area contributed by atoms with E-state index in [1.807, 2.05) is 0 Å². The number of carbonyl (C=O) groups excluding carboxylic acids is 3. The van der Waals surface area contributed by atoms with Gasteiger partial charge in [0.05, 0.1) is 5.75 Å². The molecule has 3 aromatic rings. The summed E-state index contributed by atoms with van der Waals surface area (Å²) in [6.07, 6.45) is 0. The minimum Gasteiger partial charge on any atom is -0.454 e. The second-order valence-electron chi connectivity index (χ2n) is 7.33. The van der Waals surface area contributed by atoms with Crippen LogP contribution in [0.3, 0.4) is 0 Å². The molecule has 1 fully saturated rings. The Kier molecular flexibility index (Phi) is 5.13.